The Balaban J connectivity index is 1.59. The predicted octanol–water partition coefficient (Wildman–Crippen LogP) is 2.14. The van der Waals surface area contributed by atoms with Gasteiger partial charge in [-0.15, -0.1) is 0 Å². The van der Waals surface area contributed by atoms with E-state index < -0.39 is 9.84 Å². The van der Waals surface area contributed by atoms with Crippen molar-refractivity contribution in [3.8, 4) is 0 Å². The van der Waals surface area contributed by atoms with Crippen molar-refractivity contribution in [1.29, 1.82) is 0 Å². The molecule has 5 heteroatoms. The van der Waals surface area contributed by atoms with Gasteiger partial charge < -0.3 is 4.90 Å². The summed E-state index contributed by atoms with van der Waals surface area (Å²) in [4.78, 5) is 14.3. The first kappa shape index (κ1) is 15.5. The zero-order valence-electron chi connectivity index (χ0n) is 13.0. The van der Waals surface area contributed by atoms with Crippen LogP contribution < -0.4 is 0 Å². The Morgan fingerprint density at radius 1 is 1.27 bits per heavy atom. The number of rotatable bonds is 3. The van der Waals surface area contributed by atoms with Gasteiger partial charge in [-0.05, 0) is 36.8 Å². The molecule has 1 aromatic rings. The maximum Gasteiger partial charge on any atom is 0.222 e. The second kappa shape index (κ2) is 6.03. The highest BCUT2D eigenvalue weighted by Gasteiger charge is 2.33. The van der Waals surface area contributed by atoms with Crippen molar-refractivity contribution in [1.82, 2.24) is 4.90 Å². The fraction of sp³-hybridized carbons (Fsp3) is 0.588. The lowest BCUT2D eigenvalue weighted by Gasteiger charge is -2.19. The van der Waals surface area contributed by atoms with Crippen LogP contribution in [0.3, 0.4) is 0 Å². The lowest BCUT2D eigenvalue weighted by atomic mass is 9.94. The summed E-state index contributed by atoms with van der Waals surface area (Å²) >= 11 is 0. The molecule has 22 heavy (non-hydrogen) atoms. The van der Waals surface area contributed by atoms with Gasteiger partial charge in [-0.2, -0.15) is 0 Å². The van der Waals surface area contributed by atoms with Crippen LogP contribution in [0.15, 0.2) is 24.3 Å². The maximum atomic E-state index is 12.4. The predicted molar refractivity (Wildman–Crippen MR) is 86.5 cm³/mol. The number of likely N-dealkylation sites (tertiary alicyclic amines) is 1. The summed E-state index contributed by atoms with van der Waals surface area (Å²) in [5.41, 5.74) is 2.62. The fourth-order valence-electron chi connectivity index (χ4n) is 3.69. The monoisotopic (exact) mass is 321 g/mol. The Hall–Kier alpha value is -1.36. The van der Waals surface area contributed by atoms with Crippen molar-refractivity contribution in [2.75, 3.05) is 24.6 Å². The van der Waals surface area contributed by atoms with Gasteiger partial charge >= 0.3 is 0 Å². The van der Waals surface area contributed by atoms with E-state index in [1.54, 1.807) is 0 Å². The zero-order valence-corrected chi connectivity index (χ0v) is 13.8. The number of sulfone groups is 1. The minimum atomic E-state index is -2.89. The number of hydrogen-bond acceptors (Lipinski definition) is 3. The highest BCUT2D eigenvalue weighted by molar-refractivity contribution is 7.91. The molecule has 0 aromatic heterocycles. The van der Waals surface area contributed by atoms with E-state index in [1.807, 2.05) is 11.0 Å². The summed E-state index contributed by atoms with van der Waals surface area (Å²) in [5, 5.41) is 0. The van der Waals surface area contributed by atoms with E-state index in [9.17, 15) is 13.2 Å². The molecular weight excluding hydrogens is 298 g/mol. The van der Waals surface area contributed by atoms with E-state index in [4.69, 9.17) is 0 Å². The van der Waals surface area contributed by atoms with Gasteiger partial charge in [-0.3, -0.25) is 4.79 Å². The molecule has 120 valence electrons. The first-order valence-electron chi connectivity index (χ1n) is 7.98. The van der Waals surface area contributed by atoms with Crippen LogP contribution in [0.5, 0.6) is 0 Å². The van der Waals surface area contributed by atoms with Crippen LogP contribution in [0.2, 0.25) is 0 Å². The largest absolute Gasteiger partial charge is 0.342 e. The molecule has 2 atom stereocenters. The Morgan fingerprint density at radius 2 is 2.05 bits per heavy atom. The number of carbonyl (C=O) groups excluding carboxylic acids is 1. The highest BCUT2D eigenvalue weighted by atomic mass is 32.2. The smallest absolute Gasteiger partial charge is 0.222 e. The van der Waals surface area contributed by atoms with Crippen LogP contribution in [-0.4, -0.2) is 43.8 Å². The third kappa shape index (κ3) is 3.35. The van der Waals surface area contributed by atoms with Crippen LogP contribution in [0.25, 0.3) is 0 Å². The lowest BCUT2D eigenvalue weighted by Crippen LogP contribution is -2.30. The normalized spacial score (nSPS) is 27.2. The van der Waals surface area contributed by atoms with E-state index in [0.29, 0.717) is 18.8 Å². The van der Waals surface area contributed by atoms with Gasteiger partial charge in [0, 0.05) is 25.4 Å². The van der Waals surface area contributed by atoms with Gasteiger partial charge in [0.25, 0.3) is 0 Å². The molecule has 2 heterocycles. The lowest BCUT2D eigenvalue weighted by molar-refractivity contribution is -0.131. The minimum Gasteiger partial charge on any atom is -0.342 e. The molecule has 0 saturated carbocycles. The number of carbonyl (C=O) groups is 1. The van der Waals surface area contributed by atoms with Crippen LogP contribution >= 0.6 is 0 Å². The molecule has 4 nitrogen and oxygen atoms in total. The molecule has 0 unspecified atom stereocenters. The third-order valence-corrected chi connectivity index (χ3v) is 6.80. The number of amides is 1. The number of benzene rings is 1. The highest BCUT2D eigenvalue weighted by Crippen LogP contribution is 2.30. The minimum absolute atomic E-state index is 0.0232. The first-order chi connectivity index (χ1) is 10.4. The van der Waals surface area contributed by atoms with Gasteiger partial charge in [0.15, 0.2) is 9.84 Å². The molecule has 0 N–H and O–H groups in total. The second-order valence-corrected chi connectivity index (χ2v) is 8.88. The summed E-state index contributed by atoms with van der Waals surface area (Å²) in [6.45, 7) is 3.67. The van der Waals surface area contributed by atoms with Crippen molar-refractivity contribution in [2.45, 2.75) is 32.1 Å². The number of hydrogen-bond donors (Lipinski definition) is 0. The standard InChI is InChI=1S/C17H23NO3S/c1-13-4-2-3-5-16(13)15-6-8-18(11-15)17(19)10-14-7-9-22(20,21)12-14/h2-5,14-15H,6-12H2,1H3/t14-,15-/m1/s1. The molecule has 3 rings (SSSR count). The average molecular weight is 321 g/mol. The molecule has 0 bridgehead atoms. The van der Waals surface area contributed by atoms with Gasteiger partial charge in [-0.25, -0.2) is 8.42 Å². The third-order valence-electron chi connectivity index (χ3n) is 4.96. The Bertz CT molecular complexity index is 668. The molecule has 2 saturated heterocycles. The van der Waals surface area contributed by atoms with E-state index in [2.05, 4.69) is 25.1 Å². The first-order valence-corrected chi connectivity index (χ1v) is 9.80. The Labute approximate surface area is 132 Å². The van der Waals surface area contributed by atoms with Crippen LogP contribution in [-0.2, 0) is 14.6 Å². The summed E-state index contributed by atoms with van der Waals surface area (Å²) in [6, 6.07) is 8.36. The second-order valence-electron chi connectivity index (χ2n) is 6.66. The Kier molecular flexibility index (Phi) is 4.26. The quantitative estimate of drug-likeness (QED) is 0.857. The van der Waals surface area contributed by atoms with Gasteiger partial charge in [0.2, 0.25) is 5.91 Å². The number of nitrogens with zero attached hydrogens (tertiary/aromatic N) is 1. The summed E-state index contributed by atoms with van der Waals surface area (Å²) in [6.07, 6.45) is 2.03. The molecule has 2 aliphatic heterocycles. The van der Waals surface area contributed by atoms with Crippen molar-refractivity contribution in [2.24, 2.45) is 5.92 Å². The van der Waals surface area contributed by atoms with Gasteiger partial charge in [0.05, 0.1) is 11.5 Å². The van der Waals surface area contributed by atoms with Gasteiger partial charge in [-0.1, -0.05) is 24.3 Å². The zero-order chi connectivity index (χ0) is 15.7. The molecule has 1 aromatic carbocycles. The SMILES string of the molecule is Cc1ccccc1[C@@H]1CCN(C(=O)C[C@H]2CCS(=O)(=O)C2)C1. The summed E-state index contributed by atoms with van der Waals surface area (Å²) in [7, 11) is -2.89. The maximum absolute atomic E-state index is 12.4. The topological polar surface area (TPSA) is 54.5 Å². The number of aryl methyl sites for hydroxylation is 1. The van der Waals surface area contributed by atoms with Crippen molar-refractivity contribution in [3.63, 3.8) is 0 Å². The fourth-order valence-corrected chi connectivity index (χ4v) is 5.56. The van der Waals surface area contributed by atoms with Crippen LogP contribution in [0.4, 0.5) is 0 Å². The molecule has 1 amide bonds. The average Bonchev–Trinajstić information content (AvgIpc) is 3.06. The van der Waals surface area contributed by atoms with E-state index in [0.717, 1.165) is 19.5 Å². The van der Waals surface area contributed by atoms with Crippen molar-refractivity contribution < 1.29 is 13.2 Å². The molecule has 0 radical (unpaired) electrons. The van der Waals surface area contributed by atoms with Crippen molar-refractivity contribution in [3.05, 3.63) is 35.4 Å². The van der Waals surface area contributed by atoms with E-state index in [1.165, 1.54) is 11.1 Å². The molecule has 2 fully saturated rings. The summed E-state index contributed by atoms with van der Waals surface area (Å²) < 4.78 is 23.0. The van der Waals surface area contributed by atoms with Crippen molar-refractivity contribution >= 4 is 15.7 Å². The molecular formula is C17H23NO3S. The molecule has 2 aliphatic rings. The van der Waals surface area contributed by atoms with E-state index in [-0.39, 0.29) is 23.3 Å². The molecule has 0 spiro atoms. The van der Waals surface area contributed by atoms with Crippen LogP contribution in [0, 0.1) is 12.8 Å². The molecule has 0 aliphatic carbocycles. The van der Waals surface area contributed by atoms with E-state index >= 15 is 0 Å². The van der Waals surface area contributed by atoms with Crippen LogP contribution in [0.1, 0.15) is 36.3 Å². The Morgan fingerprint density at radius 3 is 2.73 bits per heavy atom. The van der Waals surface area contributed by atoms with Gasteiger partial charge in [0.1, 0.15) is 0 Å². The summed E-state index contributed by atoms with van der Waals surface area (Å²) in [5.74, 6) is 0.996.